The van der Waals surface area contributed by atoms with Crippen molar-refractivity contribution in [1.29, 1.82) is 0 Å². The molecular formula is C31H27IN2O6S. The van der Waals surface area contributed by atoms with Crippen molar-refractivity contribution in [3.8, 4) is 17.2 Å². The molecule has 5 rings (SSSR count). The second-order valence-electron chi connectivity index (χ2n) is 8.94. The normalized spacial score (nSPS) is 14.8. The van der Waals surface area contributed by atoms with Crippen LogP contribution in [0.15, 0.2) is 82.1 Å². The first kappa shape index (κ1) is 28.6. The fraction of sp³-hybridized carbons (Fsp3) is 0.194. The minimum absolute atomic E-state index is 0.170. The molecule has 1 atom stereocenters. The van der Waals surface area contributed by atoms with Crippen molar-refractivity contribution < 1.29 is 23.7 Å². The summed E-state index contributed by atoms with van der Waals surface area (Å²) in [6.07, 6.45) is 1.83. The Morgan fingerprint density at radius 1 is 0.976 bits per heavy atom. The van der Waals surface area contributed by atoms with Gasteiger partial charge in [0.05, 0.1) is 53.4 Å². The minimum atomic E-state index is -0.821. The van der Waals surface area contributed by atoms with E-state index >= 15 is 0 Å². The molecule has 4 aromatic rings. The fourth-order valence-electron chi connectivity index (χ4n) is 4.70. The van der Waals surface area contributed by atoms with Gasteiger partial charge in [-0.1, -0.05) is 53.8 Å². The van der Waals surface area contributed by atoms with Gasteiger partial charge in [0.25, 0.3) is 5.56 Å². The second-order valence-corrected chi connectivity index (χ2v) is 11.1. The second kappa shape index (κ2) is 12.3. The molecule has 0 amide bonds. The Morgan fingerprint density at radius 3 is 2.34 bits per heavy atom. The number of hydrogen-bond acceptors (Lipinski definition) is 8. The summed E-state index contributed by atoms with van der Waals surface area (Å²) in [6, 6.07) is 19.7. The van der Waals surface area contributed by atoms with Gasteiger partial charge < -0.3 is 18.9 Å². The van der Waals surface area contributed by atoms with E-state index in [2.05, 4.69) is 22.6 Å². The molecule has 41 heavy (non-hydrogen) atoms. The van der Waals surface area contributed by atoms with E-state index in [-0.39, 0.29) is 17.7 Å². The maximum atomic E-state index is 14.1. The number of carbonyl (C=O) groups excluding carboxylic acids is 1. The number of rotatable bonds is 8. The molecule has 0 saturated heterocycles. The zero-order valence-corrected chi connectivity index (χ0v) is 25.8. The Bertz CT molecular complexity index is 1830. The summed E-state index contributed by atoms with van der Waals surface area (Å²) >= 11 is 3.47. The fourth-order valence-corrected chi connectivity index (χ4v) is 6.46. The molecule has 210 valence electrons. The standard InChI is InChI=1S/C31H27IN2O6S/c1-5-40-30(36)26-27(19-9-7-6-8-10-19)33-31-34(28(26)20-12-14-23(38-3)24(17-20)39-4)29(35)25(41-31)16-18-11-13-22(37-2)21(32)15-18/h6-17,28H,5H2,1-4H3/b25-16-. The van der Waals surface area contributed by atoms with E-state index in [9.17, 15) is 9.59 Å². The molecule has 1 aromatic heterocycles. The van der Waals surface area contributed by atoms with Crippen molar-refractivity contribution in [2.24, 2.45) is 4.99 Å². The largest absolute Gasteiger partial charge is 0.496 e. The van der Waals surface area contributed by atoms with Gasteiger partial charge in [-0.2, -0.15) is 0 Å². The number of fused-ring (bicyclic) bond motifs is 1. The zero-order chi connectivity index (χ0) is 29.1. The van der Waals surface area contributed by atoms with Crippen LogP contribution < -0.4 is 29.1 Å². The summed E-state index contributed by atoms with van der Waals surface area (Å²) in [5.41, 5.74) is 2.69. The molecule has 0 fully saturated rings. The lowest BCUT2D eigenvalue weighted by Gasteiger charge is -2.26. The van der Waals surface area contributed by atoms with E-state index < -0.39 is 12.0 Å². The van der Waals surface area contributed by atoms with Crippen molar-refractivity contribution in [2.75, 3.05) is 27.9 Å². The van der Waals surface area contributed by atoms with E-state index in [4.69, 9.17) is 23.9 Å². The number of benzene rings is 3. The van der Waals surface area contributed by atoms with Crippen molar-refractivity contribution >= 4 is 51.7 Å². The molecule has 0 aliphatic carbocycles. The van der Waals surface area contributed by atoms with Crippen molar-refractivity contribution in [1.82, 2.24) is 4.57 Å². The third kappa shape index (κ3) is 5.53. The minimum Gasteiger partial charge on any atom is -0.496 e. The van der Waals surface area contributed by atoms with Gasteiger partial charge in [-0.3, -0.25) is 9.36 Å². The van der Waals surface area contributed by atoms with Gasteiger partial charge in [0.1, 0.15) is 5.75 Å². The molecule has 0 N–H and O–H groups in total. The molecule has 0 bridgehead atoms. The Kier molecular flexibility index (Phi) is 8.60. The monoisotopic (exact) mass is 682 g/mol. The predicted molar refractivity (Wildman–Crippen MR) is 166 cm³/mol. The summed E-state index contributed by atoms with van der Waals surface area (Å²) in [5, 5.41) is 0. The Hall–Kier alpha value is -3.90. The number of halogens is 1. The van der Waals surface area contributed by atoms with Crippen LogP contribution in [0.5, 0.6) is 17.2 Å². The van der Waals surface area contributed by atoms with Gasteiger partial charge >= 0.3 is 5.97 Å². The summed E-state index contributed by atoms with van der Waals surface area (Å²) in [5.74, 6) is 1.21. The van der Waals surface area contributed by atoms with Crippen molar-refractivity contribution in [3.05, 3.63) is 112 Å². The third-order valence-corrected chi connectivity index (χ3v) is 8.40. The summed E-state index contributed by atoms with van der Waals surface area (Å²) in [7, 11) is 4.72. The summed E-state index contributed by atoms with van der Waals surface area (Å²) < 4.78 is 24.9. The van der Waals surface area contributed by atoms with Gasteiger partial charge in [0.2, 0.25) is 0 Å². The van der Waals surface area contributed by atoms with Gasteiger partial charge in [-0.05, 0) is 71.0 Å². The molecule has 0 spiro atoms. The topological polar surface area (TPSA) is 88.4 Å². The third-order valence-electron chi connectivity index (χ3n) is 6.57. The highest BCUT2D eigenvalue weighted by atomic mass is 127. The van der Waals surface area contributed by atoms with E-state index in [0.717, 1.165) is 20.4 Å². The molecule has 0 saturated carbocycles. The van der Waals surface area contributed by atoms with E-state index in [1.165, 1.54) is 11.3 Å². The SMILES string of the molecule is CCOC(=O)C1=C(c2ccccc2)N=c2s/c(=C\c3ccc(OC)c(I)c3)c(=O)n2C1c1ccc(OC)c(OC)c1. The lowest BCUT2D eigenvalue weighted by molar-refractivity contribution is -0.138. The van der Waals surface area contributed by atoms with E-state index in [1.54, 1.807) is 45.0 Å². The van der Waals surface area contributed by atoms with Crippen LogP contribution in [0.2, 0.25) is 0 Å². The van der Waals surface area contributed by atoms with Crippen LogP contribution in [0.1, 0.15) is 29.7 Å². The highest BCUT2D eigenvalue weighted by Crippen LogP contribution is 2.38. The Balaban J connectivity index is 1.82. The van der Waals surface area contributed by atoms with Crippen LogP contribution in [0.25, 0.3) is 11.8 Å². The maximum Gasteiger partial charge on any atom is 0.338 e. The lowest BCUT2D eigenvalue weighted by atomic mass is 9.93. The zero-order valence-electron chi connectivity index (χ0n) is 22.8. The number of carbonyl (C=O) groups is 1. The highest BCUT2D eigenvalue weighted by Gasteiger charge is 2.35. The van der Waals surface area contributed by atoms with Crippen LogP contribution >= 0.6 is 33.9 Å². The average molecular weight is 683 g/mol. The predicted octanol–water partition coefficient (Wildman–Crippen LogP) is 4.57. The molecular weight excluding hydrogens is 655 g/mol. The Morgan fingerprint density at radius 2 is 1.68 bits per heavy atom. The molecule has 2 heterocycles. The first-order valence-corrected chi connectivity index (χ1v) is 14.6. The number of ether oxygens (including phenoxy) is 4. The first-order chi connectivity index (χ1) is 19.9. The van der Waals surface area contributed by atoms with Crippen molar-refractivity contribution in [2.45, 2.75) is 13.0 Å². The summed E-state index contributed by atoms with van der Waals surface area (Å²) in [4.78, 5) is 33.1. The van der Waals surface area contributed by atoms with E-state index in [0.29, 0.717) is 32.1 Å². The number of methoxy groups -OCH3 is 3. The number of nitrogens with zero attached hydrogens (tertiary/aromatic N) is 2. The molecule has 0 radical (unpaired) electrons. The van der Waals surface area contributed by atoms with E-state index in [1.807, 2.05) is 60.7 Å². The van der Waals surface area contributed by atoms with Crippen molar-refractivity contribution in [3.63, 3.8) is 0 Å². The average Bonchev–Trinajstić information content (AvgIpc) is 3.30. The maximum absolute atomic E-state index is 14.1. The van der Waals surface area contributed by atoms with Crippen LogP contribution in [-0.2, 0) is 9.53 Å². The molecule has 1 aliphatic rings. The van der Waals surface area contributed by atoms with Gasteiger partial charge in [-0.25, -0.2) is 9.79 Å². The highest BCUT2D eigenvalue weighted by molar-refractivity contribution is 14.1. The number of esters is 1. The van der Waals surface area contributed by atoms with Crippen LogP contribution in [-0.4, -0.2) is 38.5 Å². The molecule has 3 aromatic carbocycles. The van der Waals surface area contributed by atoms with Crippen LogP contribution in [0.3, 0.4) is 0 Å². The quantitative estimate of drug-likeness (QED) is 0.200. The molecule has 8 nitrogen and oxygen atoms in total. The summed E-state index contributed by atoms with van der Waals surface area (Å²) in [6.45, 7) is 1.92. The lowest BCUT2D eigenvalue weighted by Crippen LogP contribution is -2.40. The smallest absolute Gasteiger partial charge is 0.338 e. The van der Waals surface area contributed by atoms with Gasteiger partial charge in [0, 0.05) is 5.56 Å². The van der Waals surface area contributed by atoms with Crippen LogP contribution in [0.4, 0.5) is 0 Å². The molecule has 1 aliphatic heterocycles. The molecule has 10 heteroatoms. The number of thiazole rings is 1. The first-order valence-electron chi connectivity index (χ1n) is 12.7. The Labute approximate surface area is 254 Å². The van der Waals surface area contributed by atoms with Gasteiger partial charge in [0.15, 0.2) is 16.3 Å². The number of aromatic nitrogens is 1. The van der Waals surface area contributed by atoms with Gasteiger partial charge in [-0.15, -0.1) is 0 Å². The number of hydrogen-bond donors (Lipinski definition) is 0. The van der Waals surface area contributed by atoms with Crippen LogP contribution in [0, 0.1) is 3.57 Å². The molecule has 1 unspecified atom stereocenters.